The highest BCUT2D eigenvalue weighted by molar-refractivity contribution is 7.84. The van der Waals surface area contributed by atoms with Crippen molar-refractivity contribution in [2.45, 2.75) is 26.2 Å². The fourth-order valence-corrected chi connectivity index (χ4v) is 1.84. The molecule has 0 rings (SSSR count). The van der Waals surface area contributed by atoms with Crippen molar-refractivity contribution in [3.05, 3.63) is 0 Å². The summed E-state index contributed by atoms with van der Waals surface area (Å²) in [5.41, 5.74) is 0. The second-order valence-corrected chi connectivity index (χ2v) is 4.04. The van der Waals surface area contributed by atoms with E-state index in [4.69, 9.17) is 5.11 Å². The molecule has 1 atom stereocenters. The lowest BCUT2D eigenvalue weighted by molar-refractivity contribution is -0.137. The molecule has 0 saturated heterocycles. The fourth-order valence-electron chi connectivity index (χ4n) is 0.714. The van der Waals surface area contributed by atoms with Crippen molar-refractivity contribution in [3.8, 4) is 0 Å². The summed E-state index contributed by atoms with van der Waals surface area (Å²) in [5, 5.41) is 8.26. The van der Waals surface area contributed by atoms with Crippen LogP contribution in [0.1, 0.15) is 26.2 Å². The van der Waals surface area contributed by atoms with Crippen molar-refractivity contribution in [3.63, 3.8) is 0 Å². The number of aliphatic carboxylic acids is 1. The highest BCUT2D eigenvalue weighted by atomic mass is 32.2. The molecule has 0 heterocycles. The van der Waals surface area contributed by atoms with Crippen LogP contribution in [0.25, 0.3) is 0 Å². The average molecular weight is 178 g/mol. The minimum atomic E-state index is -0.807. The summed E-state index contributed by atoms with van der Waals surface area (Å²) in [6.45, 7) is 1.97. The third-order valence-electron chi connectivity index (χ3n) is 1.19. The average Bonchev–Trinajstić information content (AvgIpc) is 1.87. The molecule has 0 aromatic heterocycles. The number of carboxylic acid groups (broad SMARTS) is 1. The number of carbonyl (C=O) groups is 1. The lowest BCUT2D eigenvalue weighted by Crippen LogP contribution is -2.04. The molecule has 11 heavy (non-hydrogen) atoms. The number of carboxylic acids is 1. The van der Waals surface area contributed by atoms with E-state index >= 15 is 0 Å². The first kappa shape index (κ1) is 10.6. The second kappa shape index (κ2) is 6.34. The van der Waals surface area contributed by atoms with Gasteiger partial charge < -0.3 is 5.11 Å². The molecule has 0 aliphatic rings. The number of rotatable bonds is 6. The molecule has 0 amide bonds. The highest BCUT2D eigenvalue weighted by Crippen LogP contribution is 1.94. The molecule has 66 valence electrons. The van der Waals surface area contributed by atoms with Crippen LogP contribution in [-0.2, 0) is 15.6 Å². The molecule has 0 radical (unpaired) electrons. The Balaban J connectivity index is 3.24. The Labute approximate surface area is 69.3 Å². The summed E-state index contributed by atoms with van der Waals surface area (Å²) < 4.78 is 10.9. The first-order valence-electron chi connectivity index (χ1n) is 3.73. The Morgan fingerprint density at radius 2 is 2.09 bits per heavy atom. The first-order chi connectivity index (χ1) is 5.16. The molecule has 3 nitrogen and oxygen atoms in total. The molecule has 0 aromatic carbocycles. The Kier molecular flexibility index (Phi) is 6.12. The van der Waals surface area contributed by atoms with Crippen LogP contribution in [-0.4, -0.2) is 26.8 Å². The van der Waals surface area contributed by atoms with Gasteiger partial charge in [0, 0.05) is 28.7 Å². The zero-order valence-electron chi connectivity index (χ0n) is 6.71. The molecule has 0 aliphatic heterocycles. The van der Waals surface area contributed by atoms with Crippen LogP contribution in [0.15, 0.2) is 0 Å². The van der Waals surface area contributed by atoms with Crippen LogP contribution >= 0.6 is 0 Å². The molecule has 0 fully saturated rings. The van der Waals surface area contributed by atoms with Gasteiger partial charge in [-0.15, -0.1) is 0 Å². The molecule has 1 N–H and O–H groups in total. The quantitative estimate of drug-likeness (QED) is 0.660. The van der Waals surface area contributed by atoms with Crippen LogP contribution in [0, 0.1) is 0 Å². The zero-order chi connectivity index (χ0) is 8.69. The smallest absolute Gasteiger partial charge is 0.303 e. The Morgan fingerprint density at radius 3 is 2.55 bits per heavy atom. The molecule has 0 aromatic rings. The molecule has 0 bridgehead atoms. The van der Waals surface area contributed by atoms with Crippen LogP contribution in [0.3, 0.4) is 0 Å². The van der Waals surface area contributed by atoms with Crippen molar-refractivity contribution in [2.75, 3.05) is 11.5 Å². The van der Waals surface area contributed by atoms with Gasteiger partial charge in [0.05, 0.1) is 0 Å². The molecule has 0 aliphatic carbocycles. The first-order valence-corrected chi connectivity index (χ1v) is 5.22. The van der Waals surface area contributed by atoms with Gasteiger partial charge in [0.2, 0.25) is 0 Å². The van der Waals surface area contributed by atoms with E-state index in [1.165, 1.54) is 0 Å². The maximum Gasteiger partial charge on any atom is 0.303 e. The van der Waals surface area contributed by atoms with E-state index in [9.17, 15) is 9.00 Å². The predicted octanol–water partition coefficient (Wildman–Crippen LogP) is 1.01. The third-order valence-corrected chi connectivity index (χ3v) is 2.80. The lowest BCUT2D eigenvalue weighted by Gasteiger charge is -1.96. The van der Waals surface area contributed by atoms with Crippen molar-refractivity contribution in [1.82, 2.24) is 0 Å². The molecular formula is C7H14O3S. The Bertz CT molecular complexity index is 145. The maximum absolute atomic E-state index is 10.9. The summed E-state index contributed by atoms with van der Waals surface area (Å²) in [4.78, 5) is 10.0. The maximum atomic E-state index is 10.9. The minimum absolute atomic E-state index is 0.134. The summed E-state index contributed by atoms with van der Waals surface area (Å²) in [5.74, 6) is 0.415. The SMILES string of the molecule is CCCS(=O)CCCC(=O)O. The van der Waals surface area contributed by atoms with E-state index in [-0.39, 0.29) is 6.42 Å². The second-order valence-electron chi connectivity index (χ2n) is 2.35. The van der Waals surface area contributed by atoms with Crippen LogP contribution in [0.4, 0.5) is 0 Å². The minimum Gasteiger partial charge on any atom is -0.481 e. The van der Waals surface area contributed by atoms with Gasteiger partial charge >= 0.3 is 5.97 Å². The molecule has 0 saturated carbocycles. The van der Waals surface area contributed by atoms with E-state index < -0.39 is 16.8 Å². The monoisotopic (exact) mass is 178 g/mol. The van der Waals surface area contributed by atoms with E-state index in [1.807, 2.05) is 6.92 Å². The largest absolute Gasteiger partial charge is 0.481 e. The Hall–Kier alpha value is -0.380. The van der Waals surface area contributed by atoms with Gasteiger partial charge in [-0.05, 0) is 12.8 Å². The topological polar surface area (TPSA) is 54.4 Å². The van der Waals surface area contributed by atoms with Gasteiger partial charge in [0.15, 0.2) is 0 Å². The van der Waals surface area contributed by atoms with Crippen LogP contribution in [0.2, 0.25) is 0 Å². The number of hydrogen-bond donors (Lipinski definition) is 1. The third kappa shape index (κ3) is 7.52. The molecular weight excluding hydrogens is 164 g/mol. The lowest BCUT2D eigenvalue weighted by atomic mass is 10.3. The predicted molar refractivity (Wildman–Crippen MR) is 45.0 cm³/mol. The fraction of sp³-hybridized carbons (Fsp3) is 0.857. The van der Waals surface area contributed by atoms with E-state index in [2.05, 4.69) is 0 Å². The molecule has 1 unspecified atom stereocenters. The van der Waals surface area contributed by atoms with Crippen molar-refractivity contribution < 1.29 is 14.1 Å². The van der Waals surface area contributed by atoms with Gasteiger partial charge in [-0.1, -0.05) is 6.92 Å². The van der Waals surface area contributed by atoms with Crippen molar-refractivity contribution in [1.29, 1.82) is 0 Å². The van der Waals surface area contributed by atoms with Crippen LogP contribution in [0.5, 0.6) is 0 Å². The van der Waals surface area contributed by atoms with Crippen molar-refractivity contribution in [2.24, 2.45) is 0 Å². The van der Waals surface area contributed by atoms with E-state index in [0.717, 1.165) is 6.42 Å². The zero-order valence-corrected chi connectivity index (χ0v) is 7.52. The Morgan fingerprint density at radius 1 is 1.45 bits per heavy atom. The summed E-state index contributed by atoms with van der Waals surface area (Å²) in [7, 11) is -0.800. The molecule has 0 spiro atoms. The number of hydrogen-bond acceptors (Lipinski definition) is 2. The van der Waals surface area contributed by atoms with Gasteiger partial charge in [-0.3, -0.25) is 9.00 Å². The summed E-state index contributed by atoms with van der Waals surface area (Å²) >= 11 is 0. The van der Waals surface area contributed by atoms with Gasteiger partial charge in [-0.2, -0.15) is 0 Å². The normalized spacial score (nSPS) is 12.8. The highest BCUT2D eigenvalue weighted by Gasteiger charge is 2.00. The van der Waals surface area contributed by atoms with E-state index in [1.54, 1.807) is 0 Å². The van der Waals surface area contributed by atoms with Crippen molar-refractivity contribution >= 4 is 16.8 Å². The van der Waals surface area contributed by atoms with E-state index in [0.29, 0.717) is 17.9 Å². The van der Waals surface area contributed by atoms with Crippen LogP contribution < -0.4 is 0 Å². The van der Waals surface area contributed by atoms with Gasteiger partial charge in [0.1, 0.15) is 0 Å². The standard InChI is InChI=1S/C7H14O3S/c1-2-5-11(10)6-3-4-7(8)9/h2-6H2,1H3,(H,8,9). The summed E-state index contributed by atoms with van der Waals surface area (Å²) in [6.07, 6.45) is 1.57. The molecule has 4 heteroatoms. The van der Waals surface area contributed by atoms with Gasteiger partial charge in [0.25, 0.3) is 0 Å². The summed E-state index contributed by atoms with van der Waals surface area (Å²) in [6, 6.07) is 0. The van der Waals surface area contributed by atoms with Gasteiger partial charge in [-0.25, -0.2) is 0 Å².